The molecule has 0 unspecified atom stereocenters. The summed E-state index contributed by atoms with van der Waals surface area (Å²) in [4.78, 5) is 4.69. The van der Waals surface area contributed by atoms with Gasteiger partial charge in [0.1, 0.15) is 11.3 Å². The summed E-state index contributed by atoms with van der Waals surface area (Å²) in [5.41, 5.74) is 2.97. The predicted molar refractivity (Wildman–Crippen MR) is 77.9 cm³/mol. The number of imidazole rings is 1. The number of hydrogen-bond donors (Lipinski definition) is 0. The topological polar surface area (TPSA) is 53.5 Å². The number of aryl methyl sites for hydroxylation is 5. The van der Waals surface area contributed by atoms with Crippen molar-refractivity contribution in [1.29, 1.82) is 0 Å². The number of fused-ring (bicyclic) bond motifs is 1. The van der Waals surface area contributed by atoms with Crippen LogP contribution in [0.3, 0.4) is 0 Å². The van der Waals surface area contributed by atoms with Crippen LogP contribution in [-0.4, -0.2) is 35.0 Å². The van der Waals surface area contributed by atoms with Gasteiger partial charge in [-0.25, -0.2) is 4.98 Å². The van der Waals surface area contributed by atoms with Gasteiger partial charge < -0.3 is 4.57 Å². The molecule has 0 aliphatic heterocycles. The number of aromatic nitrogens is 6. The van der Waals surface area contributed by atoms with Crippen LogP contribution in [0, 0.1) is 6.92 Å². The molecule has 20 heavy (non-hydrogen) atoms. The van der Waals surface area contributed by atoms with Crippen molar-refractivity contribution in [1.82, 2.24) is 29.1 Å². The third-order valence-electron chi connectivity index (χ3n) is 3.40. The monoisotopic (exact) mass is 292 g/mol. The zero-order chi connectivity index (χ0) is 14.1. The van der Waals surface area contributed by atoms with Gasteiger partial charge in [-0.3, -0.25) is 9.36 Å². The largest absolute Gasteiger partial charge is 0.311 e. The maximum atomic E-state index is 5.89. The Kier molecular flexibility index (Phi) is 3.48. The third-order valence-corrected chi connectivity index (χ3v) is 3.59. The molecule has 6 nitrogen and oxygen atoms in total. The number of hydrogen-bond acceptors (Lipinski definition) is 3. The van der Waals surface area contributed by atoms with Gasteiger partial charge in [-0.05, 0) is 13.0 Å². The van der Waals surface area contributed by atoms with Crippen molar-refractivity contribution in [2.24, 2.45) is 7.05 Å². The Morgan fingerprint density at radius 1 is 1.30 bits per heavy atom. The lowest BCUT2D eigenvalue weighted by Gasteiger charge is -2.09. The molecular weight excluding hydrogens is 276 g/mol. The summed E-state index contributed by atoms with van der Waals surface area (Å²) in [5.74, 6) is 1.58. The third kappa shape index (κ3) is 2.20. The first kappa shape index (κ1) is 13.2. The van der Waals surface area contributed by atoms with Crippen LogP contribution in [0.25, 0.3) is 11.2 Å². The standard InChI is InChI=1S/C13H17ClN6/c1-10-12-13(18(2)17-10)20(11(16-12)4-5-14)9-8-19-7-3-6-15-19/h3,6-7H,4-5,8-9H2,1-2H3. The number of rotatable bonds is 5. The molecule has 3 aromatic rings. The summed E-state index contributed by atoms with van der Waals surface area (Å²) in [6.45, 7) is 3.60. The van der Waals surface area contributed by atoms with Crippen molar-refractivity contribution in [3.05, 3.63) is 30.0 Å². The fourth-order valence-corrected chi connectivity index (χ4v) is 2.69. The molecule has 0 saturated heterocycles. The molecule has 0 bridgehead atoms. The van der Waals surface area contributed by atoms with E-state index in [-0.39, 0.29) is 0 Å². The Morgan fingerprint density at radius 2 is 2.15 bits per heavy atom. The van der Waals surface area contributed by atoms with Crippen LogP contribution >= 0.6 is 11.6 Å². The van der Waals surface area contributed by atoms with E-state index in [1.807, 2.05) is 35.6 Å². The molecule has 0 aromatic carbocycles. The van der Waals surface area contributed by atoms with Crippen LogP contribution in [0.5, 0.6) is 0 Å². The molecule has 0 aliphatic carbocycles. The van der Waals surface area contributed by atoms with Crippen LogP contribution in [-0.2, 0) is 26.6 Å². The first-order chi connectivity index (χ1) is 9.70. The lowest BCUT2D eigenvalue weighted by molar-refractivity contribution is 0.522. The predicted octanol–water partition coefficient (Wildman–Crippen LogP) is 1.76. The SMILES string of the molecule is Cc1nn(C)c2c1nc(CCCl)n2CCn1cccn1. The second-order valence-electron chi connectivity index (χ2n) is 4.77. The molecule has 3 aromatic heterocycles. The smallest absolute Gasteiger partial charge is 0.158 e. The normalized spacial score (nSPS) is 11.6. The summed E-state index contributed by atoms with van der Waals surface area (Å²) in [7, 11) is 1.95. The molecule has 3 heterocycles. The Balaban J connectivity index is 1.99. The molecule has 106 valence electrons. The Hall–Kier alpha value is -1.82. The molecule has 0 atom stereocenters. The molecule has 0 amide bonds. The van der Waals surface area contributed by atoms with Crippen molar-refractivity contribution in [2.75, 3.05) is 5.88 Å². The fourth-order valence-electron chi connectivity index (χ4n) is 2.53. The molecule has 0 radical (unpaired) electrons. The lowest BCUT2D eigenvalue weighted by Crippen LogP contribution is -2.13. The zero-order valence-corrected chi connectivity index (χ0v) is 12.4. The molecule has 7 heteroatoms. The van der Waals surface area contributed by atoms with E-state index in [4.69, 9.17) is 11.6 Å². The minimum absolute atomic E-state index is 0.567. The highest BCUT2D eigenvalue weighted by molar-refractivity contribution is 6.17. The molecule has 0 spiro atoms. The molecule has 0 fully saturated rings. The van der Waals surface area contributed by atoms with E-state index in [1.54, 1.807) is 6.20 Å². The van der Waals surface area contributed by atoms with Crippen LogP contribution < -0.4 is 0 Å². The van der Waals surface area contributed by atoms with E-state index in [2.05, 4.69) is 19.7 Å². The van der Waals surface area contributed by atoms with Crippen LogP contribution in [0.15, 0.2) is 18.5 Å². The van der Waals surface area contributed by atoms with E-state index in [9.17, 15) is 0 Å². The second kappa shape index (κ2) is 5.28. The van der Waals surface area contributed by atoms with E-state index >= 15 is 0 Å². The van der Waals surface area contributed by atoms with Gasteiger partial charge >= 0.3 is 0 Å². The number of alkyl halides is 1. The van der Waals surface area contributed by atoms with Crippen molar-refractivity contribution < 1.29 is 0 Å². The van der Waals surface area contributed by atoms with Gasteiger partial charge in [0.15, 0.2) is 5.65 Å². The van der Waals surface area contributed by atoms with Gasteiger partial charge in [0.2, 0.25) is 0 Å². The van der Waals surface area contributed by atoms with Crippen molar-refractivity contribution >= 4 is 22.8 Å². The van der Waals surface area contributed by atoms with Crippen LogP contribution in [0.2, 0.25) is 0 Å². The Labute approximate surface area is 122 Å². The van der Waals surface area contributed by atoms with Crippen molar-refractivity contribution in [3.63, 3.8) is 0 Å². The molecule has 0 saturated carbocycles. The summed E-state index contributed by atoms with van der Waals surface area (Å²) < 4.78 is 6.00. The lowest BCUT2D eigenvalue weighted by atomic mass is 10.4. The maximum absolute atomic E-state index is 5.89. The Bertz CT molecular complexity index is 709. The van der Waals surface area contributed by atoms with E-state index in [1.165, 1.54) is 0 Å². The van der Waals surface area contributed by atoms with Crippen LogP contribution in [0.1, 0.15) is 11.5 Å². The van der Waals surface area contributed by atoms with Gasteiger partial charge in [0.05, 0.1) is 12.2 Å². The quantitative estimate of drug-likeness (QED) is 0.673. The minimum atomic E-state index is 0.567. The maximum Gasteiger partial charge on any atom is 0.158 e. The molecule has 3 rings (SSSR count). The van der Waals surface area contributed by atoms with E-state index < -0.39 is 0 Å². The number of halogens is 1. The highest BCUT2D eigenvalue weighted by Crippen LogP contribution is 2.19. The first-order valence-electron chi connectivity index (χ1n) is 6.63. The highest BCUT2D eigenvalue weighted by atomic mass is 35.5. The summed E-state index contributed by atoms with van der Waals surface area (Å²) >= 11 is 5.89. The van der Waals surface area contributed by atoms with Gasteiger partial charge in [0, 0.05) is 38.3 Å². The average molecular weight is 293 g/mol. The zero-order valence-electron chi connectivity index (χ0n) is 11.6. The first-order valence-corrected chi connectivity index (χ1v) is 7.16. The van der Waals surface area contributed by atoms with Gasteiger partial charge in [-0.1, -0.05) is 0 Å². The summed E-state index contributed by atoms with van der Waals surface area (Å²) in [6, 6.07) is 1.93. The molecule has 0 N–H and O–H groups in total. The Morgan fingerprint density at radius 3 is 2.85 bits per heavy atom. The second-order valence-corrected chi connectivity index (χ2v) is 5.15. The van der Waals surface area contributed by atoms with Crippen molar-refractivity contribution in [2.45, 2.75) is 26.4 Å². The fraction of sp³-hybridized carbons (Fsp3) is 0.462. The minimum Gasteiger partial charge on any atom is -0.311 e. The summed E-state index contributed by atoms with van der Waals surface area (Å²) in [5, 5.41) is 8.67. The number of nitrogens with zero attached hydrogens (tertiary/aromatic N) is 6. The molecule has 0 aliphatic rings. The van der Waals surface area contributed by atoms with Gasteiger partial charge in [-0.2, -0.15) is 10.2 Å². The molecular formula is C13H17ClN6. The van der Waals surface area contributed by atoms with E-state index in [0.717, 1.165) is 42.2 Å². The summed E-state index contributed by atoms with van der Waals surface area (Å²) in [6.07, 6.45) is 4.51. The van der Waals surface area contributed by atoms with Crippen molar-refractivity contribution in [3.8, 4) is 0 Å². The van der Waals surface area contributed by atoms with Gasteiger partial charge in [0.25, 0.3) is 0 Å². The van der Waals surface area contributed by atoms with E-state index in [0.29, 0.717) is 5.88 Å². The highest BCUT2D eigenvalue weighted by Gasteiger charge is 2.16. The van der Waals surface area contributed by atoms with Crippen LogP contribution in [0.4, 0.5) is 0 Å². The average Bonchev–Trinajstić information content (AvgIpc) is 3.08. The van der Waals surface area contributed by atoms with Gasteiger partial charge in [-0.15, -0.1) is 11.6 Å².